The van der Waals surface area contributed by atoms with E-state index in [9.17, 15) is 4.79 Å². The van der Waals surface area contributed by atoms with Crippen molar-refractivity contribution in [2.24, 2.45) is 0 Å². The Bertz CT molecular complexity index is 395. The minimum atomic E-state index is -0.485. The van der Waals surface area contributed by atoms with Gasteiger partial charge >= 0.3 is 0 Å². The van der Waals surface area contributed by atoms with Gasteiger partial charge in [-0.1, -0.05) is 50.4 Å². The lowest BCUT2D eigenvalue weighted by molar-refractivity contribution is -0.128. The van der Waals surface area contributed by atoms with Gasteiger partial charge in [-0.3, -0.25) is 4.79 Å². The zero-order valence-electron chi connectivity index (χ0n) is 11.6. The Morgan fingerprint density at radius 2 is 2.05 bits per heavy atom. The molecule has 0 aliphatic carbocycles. The van der Waals surface area contributed by atoms with Crippen molar-refractivity contribution in [3.05, 3.63) is 29.3 Å². The van der Waals surface area contributed by atoms with Gasteiger partial charge in [0.05, 0.1) is 5.02 Å². The van der Waals surface area contributed by atoms with Crippen LogP contribution in [0.1, 0.15) is 39.5 Å². The molecule has 0 heterocycles. The van der Waals surface area contributed by atoms with Gasteiger partial charge in [-0.15, -0.1) is 0 Å². The summed E-state index contributed by atoms with van der Waals surface area (Å²) in [6.45, 7) is 4.76. The molecule has 0 radical (unpaired) electrons. The number of rotatable bonds is 8. The van der Waals surface area contributed by atoms with Crippen molar-refractivity contribution in [2.45, 2.75) is 45.6 Å². The first kappa shape index (κ1) is 15.8. The van der Waals surface area contributed by atoms with Crippen LogP contribution in [0.25, 0.3) is 0 Å². The van der Waals surface area contributed by atoms with Crippen LogP contribution in [-0.4, -0.2) is 18.6 Å². The van der Waals surface area contributed by atoms with Gasteiger partial charge in [0.2, 0.25) is 0 Å². The van der Waals surface area contributed by atoms with Crippen molar-refractivity contribution < 1.29 is 9.53 Å². The molecular formula is C15H22ClNO2. The van der Waals surface area contributed by atoms with Crippen molar-refractivity contribution in [3.63, 3.8) is 0 Å². The van der Waals surface area contributed by atoms with E-state index in [4.69, 9.17) is 16.3 Å². The second-order valence-electron chi connectivity index (χ2n) is 4.44. The maximum atomic E-state index is 12.0. The molecule has 0 aliphatic heterocycles. The van der Waals surface area contributed by atoms with Crippen molar-refractivity contribution in [3.8, 4) is 5.75 Å². The molecule has 1 aromatic rings. The van der Waals surface area contributed by atoms with E-state index in [-0.39, 0.29) is 5.91 Å². The summed E-state index contributed by atoms with van der Waals surface area (Å²) in [6.07, 6.45) is 3.41. The summed E-state index contributed by atoms with van der Waals surface area (Å²) in [6, 6.07) is 7.20. The number of amides is 1. The molecule has 0 aliphatic rings. The van der Waals surface area contributed by atoms with E-state index in [1.807, 2.05) is 19.1 Å². The van der Waals surface area contributed by atoms with Crippen molar-refractivity contribution in [2.75, 3.05) is 6.54 Å². The van der Waals surface area contributed by atoms with Gasteiger partial charge in [0.25, 0.3) is 5.91 Å². The molecule has 19 heavy (non-hydrogen) atoms. The Hall–Kier alpha value is -1.22. The van der Waals surface area contributed by atoms with Gasteiger partial charge < -0.3 is 10.1 Å². The minimum Gasteiger partial charge on any atom is -0.479 e. The number of carbonyl (C=O) groups excluding carboxylic acids is 1. The molecule has 106 valence electrons. The molecule has 4 heteroatoms. The molecule has 0 bridgehead atoms. The van der Waals surface area contributed by atoms with E-state index < -0.39 is 6.10 Å². The Morgan fingerprint density at radius 1 is 1.32 bits per heavy atom. The monoisotopic (exact) mass is 283 g/mol. The third-order valence-corrected chi connectivity index (χ3v) is 3.16. The summed E-state index contributed by atoms with van der Waals surface area (Å²) >= 11 is 6.02. The molecule has 0 unspecified atom stereocenters. The fourth-order valence-electron chi connectivity index (χ4n) is 1.72. The zero-order valence-corrected chi connectivity index (χ0v) is 12.4. The number of nitrogens with one attached hydrogen (secondary N) is 1. The van der Waals surface area contributed by atoms with E-state index in [1.54, 1.807) is 12.1 Å². The van der Waals surface area contributed by atoms with Gasteiger partial charge in [-0.25, -0.2) is 0 Å². The molecule has 0 aromatic heterocycles. The molecule has 1 amide bonds. The third-order valence-electron chi connectivity index (χ3n) is 2.85. The maximum absolute atomic E-state index is 12.0. The number of para-hydroxylation sites is 1. The molecular weight excluding hydrogens is 262 g/mol. The fourth-order valence-corrected chi connectivity index (χ4v) is 1.90. The summed E-state index contributed by atoms with van der Waals surface area (Å²) in [7, 11) is 0. The fraction of sp³-hybridized carbons (Fsp3) is 0.533. The Morgan fingerprint density at radius 3 is 2.68 bits per heavy atom. The maximum Gasteiger partial charge on any atom is 0.261 e. The summed E-state index contributed by atoms with van der Waals surface area (Å²) in [5, 5.41) is 3.43. The molecule has 0 spiro atoms. The van der Waals surface area contributed by atoms with Gasteiger partial charge in [0.15, 0.2) is 6.10 Å². The molecule has 0 saturated heterocycles. The standard InChI is InChI=1S/C15H22ClNO2/c1-3-5-8-11-17-15(18)13(4-2)19-14-10-7-6-9-12(14)16/h6-7,9-10,13H,3-5,8,11H2,1-2H3,(H,17,18)/t13-/m0/s1. The third kappa shape index (κ3) is 5.52. The number of ether oxygens (including phenoxy) is 1. The highest BCUT2D eigenvalue weighted by molar-refractivity contribution is 6.32. The number of hydrogen-bond acceptors (Lipinski definition) is 2. The molecule has 0 saturated carbocycles. The van der Waals surface area contributed by atoms with Gasteiger partial charge in [0, 0.05) is 6.54 Å². The Labute approximate surface area is 120 Å². The van der Waals surface area contributed by atoms with Crippen LogP contribution in [0.4, 0.5) is 0 Å². The molecule has 0 fully saturated rings. The smallest absolute Gasteiger partial charge is 0.261 e. The van der Waals surface area contributed by atoms with Crippen LogP contribution in [-0.2, 0) is 4.79 Å². The average molecular weight is 284 g/mol. The first-order valence-electron chi connectivity index (χ1n) is 6.87. The van der Waals surface area contributed by atoms with Crippen molar-refractivity contribution >= 4 is 17.5 Å². The molecule has 1 N–H and O–H groups in total. The first-order valence-corrected chi connectivity index (χ1v) is 7.25. The quantitative estimate of drug-likeness (QED) is 0.737. The molecule has 1 rings (SSSR count). The highest BCUT2D eigenvalue weighted by atomic mass is 35.5. The van der Waals surface area contributed by atoms with Gasteiger partial charge in [-0.05, 0) is 25.0 Å². The van der Waals surface area contributed by atoms with Crippen LogP contribution >= 0.6 is 11.6 Å². The largest absolute Gasteiger partial charge is 0.479 e. The van der Waals surface area contributed by atoms with E-state index >= 15 is 0 Å². The second-order valence-corrected chi connectivity index (χ2v) is 4.85. The Balaban J connectivity index is 2.48. The molecule has 3 nitrogen and oxygen atoms in total. The Kier molecular flexibility index (Phi) is 7.34. The number of carbonyl (C=O) groups is 1. The minimum absolute atomic E-state index is 0.0708. The lowest BCUT2D eigenvalue weighted by Gasteiger charge is -2.18. The van der Waals surface area contributed by atoms with E-state index in [2.05, 4.69) is 12.2 Å². The van der Waals surface area contributed by atoms with Crippen LogP contribution in [0.5, 0.6) is 5.75 Å². The van der Waals surface area contributed by atoms with Crippen molar-refractivity contribution in [1.82, 2.24) is 5.32 Å². The second kappa shape index (κ2) is 8.81. The van der Waals surface area contributed by atoms with Gasteiger partial charge in [0.1, 0.15) is 5.75 Å². The summed E-state index contributed by atoms with van der Waals surface area (Å²) in [5.74, 6) is 0.484. The van der Waals surface area contributed by atoms with E-state index in [0.29, 0.717) is 23.7 Å². The number of benzene rings is 1. The predicted molar refractivity (Wildman–Crippen MR) is 78.7 cm³/mol. The zero-order chi connectivity index (χ0) is 14.1. The number of unbranched alkanes of at least 4 members (excludes halogenated alkanes) is 2. The highest BCUT2D eigenvalue weighted by Gasteiger charge is 2.18. The van der Waals surface area contributed by atoms with E-state index in [0.717, 1.165) is 19.3 Å². The highest BCUT2D eigenvalue weighted by Crippen LogP contribution is 2.24. The summed E-state index contributed by atoms with van der Waals surface area (Å²) in [5.41, 5.74) is 0. The molecule has 1 aromatic carbocycles. The van der Waals surface area contributed by atoms with Gasteiger partial charge in [-0.2, -0.15) is 0 Å². The normalized spacial score (nSPS) is 11.9. The lowest BCUT2D eigenvalue weighted by Crippen LogP contribution is -2.38. The van der Waals surface area contributed by atoms with Crippen LogP contribution in [0, 0.1) is 0 Å². The number of halogens is 1. The van der Waals surface area contributed by atoms with Crippen LogP contribution in [0.15, 0.2) is 24.3 Å². The summed E-state index contributed by atoms with van der Waals surface area (Å²) in [4.78, 5) is 12.0. The topological polar surface area (TPSA) is 38.3 Å². The van der Waals surface area contributed by atoms with Crippen LogP contribution in [0.3, 0.4) is 0 Å². The van der Waals surface area contributed by atoms with Crippen LogP contribution < -0.4 is 10.1 Å². The van der Waals surface area contributed by atoms with E-state index in [1.165, 1.54) is 0 Å². The number of hydrogen-bond donors (Lipinski definition) is 1. The summed E-state index contributed by atoms with van der Waals surface area (Å²) < 4.78 is 5.67. The van der Waals surface area contributed by atoms with Crippen LogP contribution in [0.2, 0.25) is 5.02 Å². The SMILES string of the molecule is CCCCCNC(=O)[C@H](CC)Oc1ccccc1Cl. The van der Waals surface area contributed by atoms with Crippen molar-refractivity contribution in [1.29, 1.82) is 0 Å². The average Bonchev–Trinajstić information content (AvgIpc) is 2.42. The first-order chi connectivity index (χ1) is 9.19. The predicted octanol–water partition coefficient (Wildman–Crippen LogP) is 3.80. The lowest BCUT2D eigenvalue weighted by atomic mass is 10.2. The molecule has 1 atom stereocenters.